The number of hydrogen-bond donors (Lipinski definition) is 2. The molecule has 0 aliphatic heterocycles. The fourth-order valence-corrected chi connectivity index (χ4v) is 4.58. The molecule has 2 aromatic heterocycles. The third-order valence-electron chi connectivity index (χ3n) is 3.26. The maximum Gasteiger partial charge on any atom is 0.240 e. The van der Waals surface area contributed by atoms with Gasteiger partial charge in [0.25, 0.3) is 0 Å². The van der Waals surface area contributed by atoms with E-state index in [9.17, 15) is 9.59 Å². The van der Waals surface area contributed by atoms with E-state index in [1.165, 1.54) is 22.7 Å². The Morgan fingerprint density at radius 2 is 1.26 bits per heavy atom. The topological polar surface area (TPSA) is 82.9 Å². The first kappa shape index (κ1) is 21.9. The molecule has 0 fully saturated rings. The molecule has 0 spiro atoms. The normalized spacial score (nSPS) is 11.3. The number of hydrazone groups is 2. The average Bonchev–Trinajstić information content (AvgIpc) is 3.23. The van der Waals surface area contributed by atoms with Gasteiger partial charge in [0, 0.05) is 22.6 Å². The predicted molar refractivity (Wildman–Crippen MR) is 119 cm³/mol. The summed E-state index contributed by atoms with van der Waals surface area (Å²) in [7, 11) is 0. The molecule has 0 saturated heterocycles. The highest BCUT2D eigenvalue weighted by molar-refractivity contribution is 9.11. The Bertz CT molecular complexity index is 751. The molecule has 0 atom stereocenters. The molecular weight excluding hydrogens is 516 g/mol. The van der Waals surface area contributed by atoms with Gasteiger partial charge in [-0.3, -0.25) is 9.59 Å². The molecule has 0 radical (unpaired) electrons. The number of carbonyl (C=O) groups is 2. The standard InChI is InChI=1S/C17H18Br2N4O2S2/c18-14-8-6-12(26-14)10-20-22-16(24)4-2-1-3-5-17(25)23-21-11-13-7-9-15(19)27-13/h6-11H,1-5H2,(H,22,24)(H,23,25)/b20-10+,21-11+. The Kier molecular flexibility index (Phi) is 9.89. The third-order valence-corrected chi connectivity index (χ3v) is 6.37. The van der Waals surface area contributed by atoms with Gasteiger partial charge in [-0.1, -0.05) is 6.42 Å². The lowest BCUT2D eigenvalue weighted by Gasteiger charge is -2.01. The van der Waals surface area contributed by atoms with Crippen molar-refractivity contribution in [3.05, 3.63) is 41.6 Å². The second-order valence-corrected chi connectivity index (χ2v) is 10.4. The summed E-state index contributed by atoms with van der Waals surface area (Å²) >= 11 is 9.82. The maximum atomic E-state index is 11.7. The van der Waals surface area contributed by atoms with Gasteiger partial charge in [-0.2, -0.15) is 10.2 Å². The van der Waals surface area contributed by atoms with E-state index < -0.39 is 0 Å². The number of carbonyl (C=O) groups excluding carboxylic acids is 2. The van der Waals surface area contributed by atoms with Gasteiger partial charge in [-0.05, 0) is 69.0 Å². The van der Waals surface area contributed by atoms with E-state index in [-0.39, 0.29) is 11.8 Å². The van der Waals surface area contributed by atoms with E-state index in [0.717, 1.165) is 23.7 Å². The highest BCUT2D eigenvalue weighted by atomic mass is 79.9. The largest absolute Gasteiger partial charge is 0.273 e. The Labute approximate surface area is 182 Å². The number of rotatable bonds is 10. The highest BCUT2D eigenvalue weighted by Crippen LogP contribution is 2.21. The van der Waals surface area contributed by atoms with Crippen molar-refractivity contribution >= 4 is 78.8 Å². The number of halogens is 2. The van der Waals surface area contributed by atoms with Crippen LogP contribution in [0, 0.1) is 0 Å². The lowest BCUT2D eigenvalue weighted by molar-refractivity contribution is -0.121. The van der Waals surface area contributed by atoms with E-state index in [4.69, 9.17) is 0 Å². The lowest BCUT2D eigenvalue weighted by Crippen LogP contribution is -2.18. The molecule has 2 rings (SSSR count). The number of nitrogens with zero attached hydrogens (tertiary/aromatic N) is 2. The van der Waals surface area contributed by atoms with E-state index in [1.807, 2.05) is 24.3 Å². The van der Waals surface area contributed by atoms with Gasteiger partial charge in [0.2, 0.25) is 11.8 Å². The van der Waals surface area contributed by atoms with Crippen LogP contribution in [0.2, 0.25) is 0 Å². The molecule has 0 aliphatic carbocycles. The quantitative estimate of drug-likeness (QED) is 0.259. The molecule has 2 aromatic rings. The first-order chi connectivity index (χ1) is 13.0. The molecule has 0 aromatic carbocycles. The summed E-state index contributed by atoms with van der Waals surface area (Å²) in [6.07, 6.45) is 6.23. The summed E-state index contributed by atoms with van der Waals surface area (Å²) in [5, 5.41) is 7.85. The van der Waals surface area contributed by atoms with Crippen molar-refractivity contribution in [1.29, 1.82) is 0 Å². The number of nitrogens with one attached hydrogen (secondary N) is 2. The van der Waals surface area contributed by atoms with Crippen LogP contribution in [0.5, 0.6) is 0 Å². The van der Waals surface area contributed by atoms with Crippen LogP contribution in [-0.4, -0.2) is 24.2 Å². The van der Waals surface area contributed by atoms with Crippen LogP contribution in [-0.2, 0) is 9.59 Å². The first-order valence-corrected chi connectivity index (χ1v) is 11.4. The fourth-order valence-electron chi connectivity index (χ4n) is 1.99. The molecule has 0 bridgehead atoms. The van der Waals surface area contributed by atoms with E-state index >= 15 is 0 Å². The predicted octanol–water partition coefficient (Wildman–Crippen LogP) is 4.89. The van der Waals surface area contributed by atoms with Gasteiger partial charge in [0.15, 0.2) is 0 Å². The molecule has 0 aliphatic rings. The summed E-state index contributed by atoms with van der Waals surface area (Å²) in [5.41, 5.74) is 5.01. The zero-order chi connectivity index (χ0) is 19.5. The summed E-state index contributed by atoms with van der Waals surface area (Å²) < 4.78 is 2.04. The highest BCUT2D eigenvalue weighted by Gasteiger charge is 2.03. The summed E-state index contributed by atoms with van der Waals surface area (Å²) in [6.45, 7) is 0. The first-order valence-electron chi connectivity index (χ1n) is 8.17. The van der Waals surface area contributed by atoms with Gasteiger partial charge in [-0.25, -0.2) is 10.9 Å². The molecule has 0 saturated carbocycles. The molecule has 2 amide bonds. The second kappa shape index (κ2) is 12.2. The van der Waals surface area contributed by atoms with Gasteiger partial charge in [0.05, 0.1) is 20.0 Å². The molecule has 2 heterocycles. The van der Waals surface area contributed by atoms with Crippen molar-refractivity contribution < 1.29 is 9.59 Å². The third kappa shape index (κ3) is 9.41. The van der Waals surface area contributed by atoms with Gasteiger partial charge < -0.3 is 0 Å². The van der Waals surface area contributed by atoms with E-state index in [2.05, 4.69) is 52.9 Å². The van der Waals surface area contributed by atoms with Crippen LogP contribution in [0.1, 0.15) is 41.9 Å². The van der Waals surface area contributed by atoms with Crippen LogP contribution in [0.4, 0.5) is 0 Å². The van der Waals surface area contributed by atoms with Gasteiger partial charge >= 0.3 is 0 Å². The Hall–Kier alpha value is -1.36. The monoisotopic (exact) mass is 532 g/mol. The fraction of sp³-hybridized carbons (Fsp3) is 0.294. The van der Waals surface area contributed by atoms with Crippen molar-refractivity contribution in [2.24, 2.45) is 10.2 Å². The smallest absolute Gasteiger partial charge is 0.240 e. The zero-order valence-corrected chi connectivity index (χ0v) is 19.1. The van der Waals surface area contributed by atoms with Crippen LogP contribution in [0.15, 0.2) is 42.0 Å². The minimum atomic E-state index is -0.127. The van der Waals surface area contributed by atoms with Crippen LogP contribution in [0.25, 0.3) is 0 Å². The number of thiophene rings is 2. The number of unbranched alkanes of at least 4 members (excludes halogenated alkanes) is 2. The number of hydrogen-bond acceptors (Lipinski definition) is 6. The zero-order valence-electron chi connectivity index (χ0n) is 14.3. The van der Waals surface area contributed by atoms with E-state index in [0.29, 0.717) is 25.7 Å². The molecular formula is C17H18Br2N4O2S2. The molecule has 2 N–H and O–H groups in total. The Morgan fingerprint density at radius 1 is 0.815 bits per heavy atom. The molecule has 0 unspecified atom stereocenters. The lowest BCUT2D eigenvalue weighted by atomic mass is 10.1. The minimum absolute atomic E-state index is 0.127. The molecule has 10 heteroatoms. The number of amides is 2. The van der Waals surface area contributed by atoms with Crippen molar-refractivity contribution in [2.45, 2.75) is 32.1 Å². The Morgan fingerprint density at radius 3 is 1.63 bits per heavy atom. The maximum absolute atomic E-state index is 11.7. The van der Waals surface area contributed by atoms with Gasteiger partial charge in [-0.15, -0.1) is 22.7 Å². The summed E-state index contributed by atoms with van der Waals surface area (Å²) in [5.74, 6) is -0.254. The van der Waals surface area contributed by atoms with Crippen LogP contribution in [0.3, 0.4) is 0 Å². The van der Waals surface area contributed by atoms with Gasteiger partial charge in [0.1, 0.15) is 0 Å². The van der Waals surface area contributed by atoms with E-state index in [1.54, 1.807) is 12.4 Å². The summed E-state index contributed by atoms with van der Waals surface area (Å²) in [4.78, 5) is 25.3. The average molecular weight is 534 g/mol. The molecule has 144 valence electrons. The molecule has 27 heavy (non-hydrogen) atoms. The Balaban J connectivity index is 1.50. The SMILES string of the molecule is O=C(CCCCCC(=O)N/N=C/c1ccc(Br)s1)N/N=C/c1ccc(Br)s1. The molecule has 6 nitrogen and oxygen atoms in total. The van der Waals surface area contributed by atoms with Crippen molar-refractivity contribution in [3.8, 4) is 0 Å². The minimum Gasteiger partial charge on any atom is -0.273 e. The van der Waals surface area contributed by atoms with Crippen molar-refractivity contribution in [2.75, 3.05) is 0 Å². The van der Waals surface area contributed by atoms with Crippen LogP contribution >= 0.6 is 54.5 Å². The van der Waals surface area contributed by atoms with Crippen molar-refractivity contribution in [3.63, 3.8) is 0 Å². The summed E-state index contributed by atoms with van der Waals surface area (Å²) in [6, 6.07) is 7.69. The van der Waals surface area contributed by atoms with Crippen molar-refractivity contribution in [1.82, 2.24) is 10.9 Å². The van der Waals surface area contributed by atoms with Crippen LogP contribution < -0.4 is 10.9 Å². The second-order valence-electron chi connectivity index (χ2n) is 5.43.